The van der Waals surface area contributed by atoms with Crippen molar-refractivity contribution in [3.63, 3.8) is 0 Å². The van der Waals surface area contributed by atoms with Gasteiger partial charge in [0.2, 0.25) is 5.91 Å². The van der Waals surface area contributed by atoms with Gasteiger partial charge in [-0.1, -0.05) is 238 Å². The van der Waals surface area contributed by atoms with Crippen molar-refractivity contribution in [3.05, 3.63) is 12.2 Å². The van der Waals surface area contributed by atoms with Crippen LogP contribution in [0.5, 0.6) is 0 Å². The molecule has 0 aromatic carbocycles. The van der Waals surface area contributed by atoms with E-state index in [0.29, 0.717) is 12.8 Å². The van der Waals surface area contributed by atoms with Crippen LogP contribution in [0.3, 0.4) is 0 Å². The van der Waals surface area contributed by atoms with E-state index in [1.54, 1.807) is 0 Å². The van der Waals surface area contributed by atoms with Crippen LogP contribution in [0.25, 0.3) is 0 Å². The number of unbranched alkanes of at least 4 members (excludes halogenated alkanes) is 34. The number of amides is 1. The zero-order valence-electron chi connectivity index (χ0n) is 35.9. The molecule has 0 aliphatic carbocycles. The van der Waals surface area contributed by atoms with Crippen LogP contribution < -0.4 is 5.32 Å². The SMILES string of the molecule is CCCCCCCCCCC/C=C\CCCCCCCCC(O)C(=O)NC(CO)C(O)CCCCCCCCCCCCCCCCCCCCCC. The highest BCUT2D eigenvalue weighted by Crippen LogP contribution is 2.17. The van der Waals surface area contributed by atoms with E-state index in [1.165, 1.54) is 205 Å². The summed E-state index contributed by atoms with van der Waals surface area (Å²) in [6.07, 6.45) is 52.2. The second-order valence-electron chi connectivity index (χ2n) is 16.7. The van der Waals surface area contributed by atoms with Gasteiger partial charge in [-0.15, -0.1) is 0 Å². The van der Waals surface area contributed by atoms with Gasteiger partial charge in [0, 0.05) is 0 Å². The normalized spacial score (nSPS) is 13.5. The van der Waals surface area contributed by atoms with Gasteiger partial charge in [0.25, 0.3) is 0 Å². The second-order valence-corrected chi connectivity index (χ2v) is 16.7. The number of carbonyl (C=O) groups is 1. The van der Waals surface area contributed by atoms with Crippen LogP contribution in [0.1, 0.15) is 264 Å². The fourth-order valence-corrected chi connectivity index (χ4v) is 7.60. The van der Waals surface area contributed by atoms with Crippen LogP contribution >= 0.6 is 0 Å². The minimum Gasteiger partial charge on any atom is -0.394 e. The van der Waals surface area contributed by atoms with Crippen molar-refractivity contribution in [2.75, 3.05) is 6.61 Å². The first-order chi connectivity index (χ1) is 26.1. The first-order valence-electron chi connectivity index (χ1n) is 24.0. The molecule has 0 saturated heterocycles. The Labute approximate surface area is 331 Å². The van der Waals surface area contributed by atoms with Crippen molar-refractivity contribution >= 4 is 5.91 Å². The summed E-state index contributed by atoms with van der Waals surface area (Å²) in [5.41, 5.74) is 0. The average Bonchev–Trinajstić information content (AvgIpc) is 3.16. The summed E-state index contributed by atoms with van der Waals surface area (Å²) in [6, 6.07) is -0.711. The predicted octanol–water partition coefficient (Wildman–Crippen LogP) is 14.0. The Kier molecular flexibility index (Phi) is 43.1. The molecule has 1 amide bonds. The highest BCUT2D eigenvalue weighted by Gasteiger charge is 2.23. The Morgan fingerprint density at radius 3 is 1.04 bits per heavy atom. The van der Waals surface area contributed by atoms with Crippen molar-refractivity contribution in [1.82, 2.24) is 5.32 Å². The van der Waals surface area contributed by atoms with Gasteiger partial charge in [0.1, 0.15) is 6.10 Å². The number of hydrogen-bond donors (Lipinski definition) is 4. The number of nitrogens with one attached hydrogen (secondary N) is 1. The summed E-state index contributed by atoms with van der Waals surface area (Å²) in [5, 5.41) is 33.4. The topological polar surface area (TPSA) is 89.8 Å². The van der Waals surface area contributed by atoms with E-state index < -0.39 is 24.2 Å². The van der Waals surface area contributed by atoms with E-state index >= 15 is 0 Å². The third-order valence-electron chi connectivity index (χ3n) is 11.4. The third kappa shape index (κ3) is 39.1. The maximum Gasteiger partial charge on any atom is 0.249 e. The molecule has 5 heteroatoms. The van der Waals surface area contributed by atoms with Crippen molar-refractivity contribution in [1.29, 1.82) is 0 Å². The molecule has 53 heavy (non-hydrogen) atoms. The first-order valence-corrected chi connectivity index (χ1v) is 24.0. The standard InChI is InChI=1S/C48H95NO4/c1-3-5-7-9-11-13-15-17-19-21-23-25-26-28-30-32-34-36-38-40-42-46(51)45(44-50)49-48(53)47(52)43-41-39-37-35-33-31-29-27-24-22-20-18-16-14-12-10-8-6-4-2/h24,27,45-47,50-52H,3-23,25-26,28-44H2,1-2H3,(H,49,53)/b27-24-. The average molecular weight is 750 g/mol. The van der Waals surface area contributed by atoms with Crippen molar-refractivity contribution < 1.29 is 20.1 Å². The molecular weight excluding hydrogens is 655 g/mol. The first kappa shape index (κ1) is 52.1. The lowest BCUT2D eigenvalue weighted by Gasteiger charge is -2.23. The van der Waals surface area contributed by atoms with E-state index in [1.807, 2.05) is 0 Å². The summed E-state index contributed by atoms with van der Waals surface area (Å²) < 4.78 is 0. The number of rotatable bonds is 44. The largest absolute Gasteiger partial charge is 0.394 e. The molecule has 3 unspecified atom stereocenters. The second kappa shape index (κ2) is 43.8. The highest BCUT2D eigenvalue weighted by molar-refractivity contribution is 5.80. The van der Waals surface area contributed by atoms with Crippen molar-refractivity contribution in [2.24, 2.45) is 0 Å². The Balaban J connectivity index is 3.59. The molecule has 0 bridgehead atoms. The summed E-state index contributed by atoms with van der Waals surface area (Å²) in [7, 11) is 0. The maximum atomic E-state index is 12.5. The summed E-state index contributed by atoms with van der Waals surface area (Å²) in [5.74, 6) is -0.471. The van der Waals surface area contributed by atoms with E-state index in [0.717, 1.165) is 32.1 Å². The van der Waals surface area contributed by atoms with E-state index in [-0.39, 0.29) is 6.61 Å². The zero-order chi connectivity index (χ0) is 38.7. The summed E-state index contributed by atoms with van der Waals surface area (Å²) in [4.78, 5) is 12.5. The molecule has 0 aliphatic heterocycles. The molecule has 316 valence electrons. The Hall–Kier alpha value is -0.910. The molecule has 3 atom stereocenters. The van der Waals surface area contributed by atoms with Gasteiger partial charge < -0.3 is 20.6 Å². The van der Waals surface area contributed by atoms with Gasteiger partial charge in [-0.25, -0.2) is 0 Å². The van der Waals surface area contributed by atoms with Crippen LogP contribution in [-0.4, -0.2) is 46.1 Å². The molecule has 0 radical (unpaired) electrons. The van der Waals surface area contributed by atoms with Gasteiger partial charge in [0.05, 0.1) is 18.8 Å². The quantitative estimate of drug-likeness (QED) is 0.0369. The van der Waals surface area contributed by atoms with E-state index in [9.17, 15) is 20.1 Å². The van der Waals surface area contributed by atoms with Crippen LogP contribution in [0.4, 0.5) is 0 Å². The lowest BCUT2D eigenvalue weighted by molar-refractivity contribution is -0.131. The molecule has 4 N–H and O–H groups in total. The highest BCUT2D eigenvalue weighted by atomic mass is 16.3. The van der Waals surface area contributed by atoms with Crippen LogP contribution in [0.15, 0.2) is 12.2 Å². The maximum absolute atomic E-state index is 12.5. The smallest absolute Gasteiger partial charge is 0.249 e. The molecule has 0 spiro atoms. The molecule has 0 heterocycles. The molecule has 0 aromatic heterocycles. The molecule has 0 saturated carbocycles. The number of carbonyl (C=O) groups excluding carboxylic acids is 1. The van der Waals surface area contributed by atoms with Gasteiger partial charge in [-0.2, -0.15) is 0 Å². The molecule has 5 nitrogen and oxygen atoms in total. The van der Waals surface area contributed by atoms with E-state index in [4.69, 9.17) is 0 Å². The molecule has 0 rings (SSSR count). The fourth-order valence-electron chi connectivity index (χ4n) is 7.60. The fraction of sp³-hybridized carbons (Fsp3) is 0.938. The number of aliphatic hydroxyl groups excluding tert-OH is 3. The molecular formula is C48H95NO4. The summed E-state index contributed by atoms with van der Waals surface area (Å²) in [6.45, 7) is 4.25. The third-order valence-corrected chi connectivity index (χ3v) is 11.4. The summed E-state index contributed by atoms with van der Waals surface area (Å²) >= 11 is 0. The lowest BCUT2D eigenvalue weighted by Crippen LogP contribution is -2.49. The van der Waals surface area contributed by atoms with Crippen molar-refractivity contribution in [2.45, 2.75) is 283 Å². The monoisotopic (exact) mass is 750 g/mol. The van der Waals surface area contributed by atoms with Gasteiger partial charge >= 0.3 is 0 Å². The molecule has 0 aliphatic rings. The van der Waals surface area contributed by atoms with Crippen molar-refractivity contribution in [3.8, 4) is 0 Å². The van der Waals surface area contributed by atoms with E-state index in [2.05, 4.69) is 31.3 Å². The lowest BCUT2D eigenvalue weighted by atomic mass is 10.0. The van der Waals surface area contributed by atoms with Gasteiger partial charge in [-0.05, 0) is 38.5 Å². The Morgan fingerprint density at radius 2 is 0.717 bits per heavy atom. The molecule has 0 aromatic rings. The zero-order valence-corrected chi connectivity index (χ0v) is 35.9. The molecule has 0 fully saturated rings. The van der Waals surface area contributed by atoms with Crippen LogP contribution in [0, 0.1) is 0 Å². The minimum atomic E-state index is -1.08. The number of hydrogen-bond acceptors (Lipinski definition) is 4. The Bertz CT molecular complexity index is 743. The Morgan fingerprint density at radius 1 is 0.434 bits per heavy atom. The minimum absolute atomic E-state index is 0.312. The number of aliphatic hydroxyl groups is 3. The van der Waals surface area contributed by atoms with Gasteiger partial charge in [0.15, 0.2) is 0 Å². The van der Waals surface area contributed by atoms with Gasteiger partial charge in [-0.3, -0.25) is 4.79 Å². The predicted molar refractivity (Wildman–Crippen MR) is 232 cm³/mol. The van der Waals surface area contributed by atoms with Crippen LogP contribution in [0.2, 0.25) is 0 Å². The number of allylic oxidation sites excluding steroid dienone is 2. The van der Waals surface area contributed by atoms with Crippen LogP contribution in [-0.2, 0) is 4.79 Å².